The van der Waals surface area contributed by atoms with Crippen LogP contribution in [-0.4, -0.2) is 58.4 Å². The second kappa shape index (κ2) is 12.2. The van der Waals surface area contributed by atoms with Crippen LogP contribution >= 0.6 is 23.4 Å². The number of carboxylic acid groups (broad SMARTS) is 1. The number of carbonyl (C=O) groups is 1. The standard InChI is InChI=1S/C27H31ClFN3O3S/c1-35-19-5-6-23-20(16-19)26(21(28)18-31-23)22(29)7-8-27(17-25(33)34)9-12-32(13-10-27)14-15-36-24-4-2-3-11-30-24/h2-6,11,16,18,22H,7-10,12-15,17H2,1H3,(H,33,34)/t22-/m0/s1. The molecule has 1 saturated heterocycles. The summed E-state index contributed by atoms with van der Waals surface area (Å²) in [5.74, 6) is 0.699. The molecular formula is C27H31ClFN3O3S. The number of piperidine rings is 1. The molecule has 4 rings (SSSR count). The summed E-state index contributed by atoms with van der Waals surface area (Å²) in [6.07, 6.45) is 4.16. The largest absolute Gasteiger partial charge is 0.497 e. The lowest BCUT2D eigenvalue weighted by atomic mass is 9.71. The topological polar surface area (TPSA) is 75.6 Å². The molecule has 0 aliphatic carbocycles. The van der Waals surface area contributed by atoms with Crippen LogP contribution in [0.25, 0.3) is 10.9 Å². The van der Waals surface area contributed by atoms with Gasteiger partial charge >= 0.3 is 5.97 Å². The Morgan fingerprint density at radius 1 is 1.28 bits per heavy atom. The highest BCUT2D eigenvalue weighted by molar-refractivity contribution is 7.99. The maximum absolute atomic E-state index is 15.7. The minimum atomic E-state index is -1.33. The van der Waals surface area contributed by atoms with E-state index in [1.807, 2.05) is 18.2 Å². The number of alkyl halides is 1. The Kier molecular flexibility index (Phi) is 9.04. The maximum atomic E-state index is 15.7. The first-order chi connectivity index (χ1) is 17.4. The molecule has 0 spiro atoms. The molecule has 9 heteroatoms. The SMILES string of the molecule is COc1ccc2ncc(Cl)c([C@@H](F)CCC3(CC(=O)O)CCN(CCSc4ccccn4)CC3)c2c1. The van der Waals surface area contributed by atoms with Gasteiger partial charge in [-0.1, -0.05) is 17.7 Å². The summed E-state index contributed by atoms with van der Waals surface area (Å²) >= 11 is 8.11. The fraction of sp³-hybridized carbons (Fsp3) is 0.444. The van der Waals surface area contributed by atoms with Crippen molar-refractivity contribution in [2.45, 2.75) is 43.3 Å². The van der Waals surface area contributed by atoms with E-state index in [-0.39, 0.29) is 17.9 Å². The number of rotatable bonds is 11. The summed E-state index contributed by atoms with van der Waals surface area (Å²) in [5.41, 5.74) is 0.623. The van der Waals surface area contributed by atoms with Crippen LogP contribution in [0.2, 0.25) is 5.02 Å². The quantitative estimate of drug-likeness (QED) is 0.286. The first-order valence-corrected chi connectivity index (χ1v) is 13.5. The average Bonchev–Trinajstić information content (AvgIpc) is 2.88. The second-order valence-corrected chi connectivity index (χ2v) is 10.9. The molecule has 1 aromatic carbocycles. The summed E-state index contributed by atoms with van der Waals surface area (Å²) in [6.45, 7) is 2.53. The van der Waals surface area contributed by atoms with Crippen LogP contribution < -0.4 is 4.74 Å². The van der Waals surface area contributed by atoms with E-state index in [1.165, 1.54) is 6.20 Å². The molecule has 6 nitrogen and oxygen atoms in total. The molecule has 0 saturated carbocycles. The number of halogens is 2. The van der Waals surface area contributed by atoms with Gasteiger partial charge in [-0.25, -0.2) is 9.37 Å². The van der Waals surface area contributed by atoms with E-state index in [9.17, 15) is 9.90 Å². The smallest absolute Gasteiger partial charge is 0.303 e. The second-order valence-electron chi connectivity index (χ2n) is 9.34. The maximum Gasteiger partial charge on any atom is 0.303 e. The first-order valence-electron chi connectivity index (χ1n) is 12.1. The van der Waals surface area contributed by atoms with Crippen molar-refractivity contribution in [2.75, 3.05) is 32.5 Å². The number of thioether (sulfide) groups is 1. The molecule has 1 aliphatic heterocycles. The molecule has 192 valence electrons. The molecule has 1 atom stereocenters. The van der Waals surface area contributed by atoms with Gasteiger partial charge in [-0.05, 0) is 74.5 Å². The van der Waals surface area contributed by atoms with Crippen molar-refractivity contribution in [1.82, 2.24) is 14.9 Å². The van der Waals surface area contributed by atoms with Crippen LogP contribution in [0.5, 0.6) is 5.75 Å². The summed E-state index contributed by atoms with van der Waals surface area (Å²) < 4.78 is 21.0. The van der Waals surface area contributed by atoms with Gasteiger partial charge in [-0.2, -0.15) is 0 Å². The number of likely N-dealkylation sites (tertiary alicyclic amines) is 1. The Morgan fingerprint density at radius 3 is 2.78 bits per heavy atom. The summed E-state index contributed by atoms with van der Waals surface area (Å²) in [6, 6.07) is 11.2. The fourth-order valence-corrected chi connectivity index (χ4v) is 6.13. The number of carboxylic acids is 1. The molecule has 0 radical (unpaired) electrons. The fourth-order valence-electron chi connectivity index (χ4n) is 4.99. The predicted molar refractivity (Wildman–Crippen MR) is 142 cm³/mol. The van der Waals surface area contributed by atoms with Gasteiger partial charge in [-0.3, -0.25) is 9.78 Å². The molecule has 0 unspecified atom stereocenters. The number of aromatic nitrogens is 2. The molecule has 3 aromatic rings. The molecule has 2 aromatic heterocycles. The van der Waals surface area contributed by atoms with Crippen molar-refractivity contribution >= 4 is 40.2 Å². The lowest BCUT2D eigenvalue weighted by Crippen LogP contribution is -2.42. The van der Waals surface area contributed by atoms with E-state index < -0.39 is 17.6 Å². The minimum absolute atomic E-state index is 0.0505. The highest BCUT2D eigenvalue weighted by atomic mass is 35.5. The monoisotopic (exact) mass is 531 g/mol. The van der Waals surface area contributed by atoms with E-state index in [4.69, 9.17) is 16.3 Å². The van der Waals surface area contributed by atoms with Gasteiger partial charge in [0.25, 0.3) is 0 Å². The van der Waals surface area contributed by atoms with Crippen LogP contribution in [-0.2, 0) is 4.79 Å². The van der Waals surface area contributed by atoms with Crippen LogP contribution in [0.3, 0.4) is 0 Å². The zero-order valence-electron chi connectivity index (χ0n) is 20.3. The number of methoxy groups -OCH3 is 1. The minimum Gasteiger partial charge on any atom is -0.497 e. The van der Waals surface area contributed by atoms with Crippen molar-refractivity contribution in [3.05, 3.63) is 59.4 Å². The van der Waals surface area contributed by atoms with Crippen molar-refractivity contribution < 1.29 is 19.0 Å². The third kappa shape index (κ3) is 6.66. The number of hydrogen-bond donors (Lipinski definition) is 1. The van der Waals surface area contributed by atoms with Gasteiger partial charge in [0.1, 0.15) is 11.9 Å². The van der Waals surface area contributed by atoms with Crippen molar-refractivity contribution in [1.29, 1.82) is 0 Å². The van der Waals surface area contributed by atoms with Crippen LogP contribution in [0.1, 0.15) is 43.8 Å². The molecule has 0 bridgehead atoms. The summed E-state index contributed by atoms with van der Waals surface area (Å²) in [4.78, 5) is 22.8. The Hall–Kier alpha value is -2.42. The van der Waals surface area contributed by atoms with Gasteiger partial charge in [0.15, 0.2) is 0 Å². The van der Waals surface area contributed by atoms with E-state index in [2.05, 4.69) is 14.9 Å². The molecular weight excluding hydrogens is 501 g/mol. The Labute approximate surface area is 220 Å². The highest BCUT2D eigenvalue weighted by Crippen LogP contribution is 2.44. The van der Waals surface area contributed by atoms with Gasteiger partial charge in [0.2, 0.25) is 0 Å². The molecule has 1 N–H and O–H groups in total. The number of aliphatic carboxylic acids is 1. The lowest BCUT2D eigenvalue weighted by Gasteiger charge is -2.41. The van der Waals surface area contributed by atoms with E-state index in [0.717, 1.165) is 43.3 Å². The third-order valence-electron chi connectivity index (χ3n) is 7.05. The van der Waals surface area contributed by atoms with E-state index >= 15 is 4.39 Å². The van der Waals surface area contributed by atoms with Crippen LogP contribution in [0, 0.1) is 5.41 Å². The zero-order valence-corrected chi connectivity index (χ0v) is 21.9. The normalized spacial score (nSPS) is 16.6. The van der Waals surface area contributed by atoms with E-state index in [0.29, 0.717) is 28.6 Å². The molecule has 1 fully saturated rings. The zero-order chi connectivity index (χ0) is 25.5. The van der Waals surface area contributed by atoms with Crippen LogP contribution in [0.4, 0.5) is 4.39 Å². The van der Waals surface area contributed by atoms with Crippen molar-refractivity contribution in [2.24, 2.45) is 5.41 Å². The van der Waals surface area contributed by atoms with E-state index in [1.54, 1.807) is 43.3 Å². The number of nitrogens with zero attached hydrogens (tertiary/aromatic N) is 3. The van der Waals surface area contributed by atoms with Crippen molar-refractivity contribution in [3.63, 3.8) is 0 Å². The Balaban J connectivity index is 1.39. The summed E-state index contributed by atoms with van der Waals surface area (Å²) in [5, 5.41) is 11.5. The van der Waals surface area contributed by atoms with Crippen molar-refractivity contribution in [3.8, 4) is 5.75 Å². The van der Waals surface area contributed by atoms with Gasteiger partial charge in [0.05, 0.1) is 29.1 Å². The molecule has 36 heavy (non-hydrogen) atoms. The van der Waals surface area contributed by atoms with Gasteiger partial charge < -0.3 is 14.7 Å². The highest BCUT2D eigenvalue weighted by Gasteiger charge is 2.37. The molecule has 3 heterocycles. The first kappa shape index (κ1) is 26.6. The van der Waals surface area contributed by atoms with Gasteiger partial charge in [-0.15, -0.1) is 11.8 Å². The third-order valence-corrected chi connectivity index (χ3v) is 8.27. The predicted octanol–water partition coefficient (Wildman–Crippen LogP) is 6.43. The molecule has 0 amide bonds. The van der Waals surface area contributed by atoms with Gasteiger partial charge in [0, 0.05) is 35.6 Å². The summed E-state index contributed by atoms with van der Waals surface area (Å²) in [7, 11) is 1.56. The molecule has 1 aliphatic rings. The number of hydrogen-bond acceptors (Lipinski definition) is 6. The lowest BCUT2D eigenvalue weighted by molar-refractivity contribution is -0.141. The number of fused-ring (bicyclic) bond motifs is 1. The average molecular weight is 532 g/mol. The number of benzene rings is 1. The van der Waals surface area contributed by atoms with Crippen LogP contribution in [0.15, 0.2) is 53.8 Å². The Bertz CT molecular complexity index is 1180. The number of ether oxygens (including phenoxy) is 1. The number of pyridine rings is 2. The Morgan fingerprint density at radius 2 is 2.08 bits per heavy atom.